The zero-order chi connectivity index (χ0) is 25.2. The van der Waals surface area contributed by atoms with Crippen LogP contribution >= 0.6 is 0 Å². The van der Waals surface area contributed by atoms with E-state index in [0.29, 0.717) is 23.9 Å². The molecule has 2 bridgehead atoms. The number of nitrogens with zero attached hydrogens (tertiary/aromatic N) is 1. The SMILES string of the molecule is Fc1ccc(C2C3CC[C@H](C[C@H]2c2ccc(F)cc2)N3CCC(c2ccccc2)c2ccccc2)cc1. The third kappa shape index (κ3) is 4.98. The van der Waals surface area contributed by atoms with Gasteiger partial charge < -0.3 is 0 Å². The van der Waals surface area contributed by atoms with Gasteiger partial charge in [-0.15, -0.1) is 0 Å². The van der Waals surface area contributed by atoms with Crippen LogP contribution in [0.1, 0.15) is 65.7 Å². The first-order chi connectivity index (χ1) is 18.2. The van der Waals surface area contributed by atoms with Crippen LogP contribution in [0.2, 0.25) is 0 Å². The van der Waals surface area contributed by atoms with Crippen LogP contribution in [0.4, 0.5) is 8.78 Å². The summed E-state index contributed by atoms with van der Waals surface area (Å²) in [6.45, 7) is 1.03. The molecule has 3 heteroatoms. The van der Waals surface area contributed by atoms with Gasteiger partial charge in [0.25, 0.3) is 0 Å². The zero-order valence-electron chi connectivity index (χ0n) is 21.0. The molecule has 37 heavy (non-hydrogen) atoms. The van der Waals surface area contributed by atoms with Crippen molar-refractivity contribution >= 4 is 0 Å². The Morgan fingerprint density at radius 1 is 0.649 bits per heavy atom. The van der Waals surface area contributed by atoms with E-state index in [9.17, 15) is 8.78 Å². The number of piperidine rings is 1. The number of halogens is 2. The molecule has 4 atom stereocenters. The minimum absolute atomic E-state index is 0.199. The molecule has 2 unspecified atom stereocenters. The van der Waals surface area contributed by atoms with Gasteiger partial charge in [0.05, 0.1) is 0 Å². The minimum atomic E-state index is -0.201. The molecule has 1 nitrogen and oxygen atoms in total. The van der Waals surface area contributed by atoms with Crippen molar-refractivity contribution in [1.29, 1.82) is 0 Å². The first-order valence-corrected chi connectivity index (χ1v) is 13.5. The van der Waals surface area contributed by atoms with Crippen LogP contribution < -0.4 is 0 Å². The van der Waals surface area contributed by atoms with Crippen LogP contribution in [0.3, 0.4) is 0 Å². The highest BCUT2D eigenvalue weighted by Gasteiger charge is 2.47. The monoisotopic (exact) mass is 493 g/mol. The van der Waals surface area contributed by atoms with E-state index in [2.05, 4.69) is 65.6 Å². The van der Waals surface area contributed by atoms with Crippen LogP contribution in [0, 0.1) is 11.6 Å². The van der Waals surface area contributed by atoms with Crippen molar-refractivity contribution in [2.24, 2.45) is 0 Å². The summed E-state index contributed by atoms with van der Waals surface area (Å²) in [6.07, 6.45) is 4.43. The van der Waals surface area contributed by atoms with Gasteiger partial charge in [0.1, 0.15) is 11.6 Å². The van der Waals surface area contributed by atoms with Crippen molar-refractivity contribution in [3.05, 3.63) is 143 Å². The molecule has 188 valence electrons. The maximum Gasteiger partial charge on any atom is 0.123 e. The van der Waals surface area contributed by atoms with Gasteiger partial charge in [0.2, 0.25) is 0 Å². The van der Waals surface area contributed by atoms with Gasteiger partial charge in [-0.2, -0.15) is 0 Å². The van der Waals surface area contributed by atoms with Crippen LogP contribution in [0.5, 0.6) is 0 Å². The quantitative estimate of drug-likeness (QED) is 0.250. The molecule has 0 radical (unpaired) electrons. The van der Waals surface area contributed by atoms with E-state index in [1.165, 1.54) is 28.7 Å². The molecule has 2 saturated heterocycles. The fourth-order valence-corrected chi connectivity index (χ4v) is 7.03. The highest BCUT2D eigenvalue weighted by atomic mass is 19.1. The van der Waals surface area contributed by atoms with Crippen molar-refractivity contribution in [1.82, 2.24) is 4.90 Å². The van der Waals surface area contributed by atoms with Gasteiger partial charge in [-0.25, -0.2) is 8.78 Å². The van der Waals surface area contributed by atoms with Crippen molar-refractivity contribution in [3.8, 4) is 0 Å². The minimum Gasteiger partial charge on any atom is -0.297 e. The van der Waals surface area contributed by atoms with E-state index in [-0.39, 0.29) is 17.6 Å². The predicted octanol–water partition coefficient (Wildman–Crippen LogP) is 8.29. The Bertz CT molecular complexity index is 1250. The lowest BCUT2D eigenvalue weighted by molar-refractivity contribution is 0.103. The summed E-state index contributed by atoms with van der Waals surface area (Å²) in [5, 5.41) is 0. The number of rotatable bonds is 7. The Morgan fingerprint density at radius 2 is 1.19 bits per heavy atom. The molecule has 0 N–H and O–H groups in total. The average Bonchev–Trinajstić information content (AvgIpc) is 3.22. The van der Waals surface area contributed by atoms with E-state index in [1.54, 1.807) is 24.3 Å². The molecular formula is C34H33F2N. The molecular weight excluding hydrogens is 460 g/mol. The largest absolute Gasteiger partial charge is 0.297 e. The van der Waals surface area contributed by atoms with Crippen LogP contribution in [0.25, 0.3) is 0 Å². The highest BCUT2D eigenvalue weighted by molar-refractivity contribution is 5.35. The first-order valence-electron chi connectivity index (χ1n) is 13.5. The Morgan fingerprint density at radius 3 is 1.76 bits per heavy atom. The normalized spacial score (nSPS) is 23.4. The van der Waals surface area contributed by atoms with Crippen molar-refractivity contribution < 1.29 is 8.78 Å². The standard InChI is InChI=1S/C34H33F2N/c35-28-15-11-26(12-16-28)32-23-30-19-20-33(34(32)27-13-17-29(36)18-14-27)37(30)22-21-31(24-7-3-1-4-8-24)25-9-5-2-6-10-25/h1-18,30-34H,19-23H2/t30-,32+,33?,34?/m1/s1. The second-order valence-electron chi connectivity index (χ2n) is 10.7. The van der Waals surface area contributed by atoms with Crippen LogP contribution in [0.15, 0.2) is 109 Å². The van der Waals surface area contributed by atoms with Crippen LogP contribution in [-0.4, -0.2) is 23.5 Å². The van der Waals surface area contributed by atoms with E-state index < -0.39 is 0 Å². The molecule has 4 aromatic carbocycles. The summed E-state index contributed by atoms with van der Waals surface area (Å²) in [5.74, 6) is 0.513. The molecule has 6 rings (SSSR count). The smallest absolute Gasteiger partial charge is 0.123 e. The molecule has 2 aliphatic rings. The van der Waals surface area contributed by atoms with Crippen molar-refractivity contribution in [2.75, 3.05) is 6.54 Å². The van der Waals surface area contributed by atoms with Crippen molar-refractivity contribution in [2.45, 2.75) is 55.5 Å². The lowest BCUT2D eigenvalue weighted by Gasteiger charge is -2.46. The van der Waals surface area contributed by atoms with Gasteiger partial charge in [-0.1, -0.05) is 84.9 Å². The summed E-state index contributed by atoms with van der Waals surface area (Å²) in [5.41, 5.74) is 5.10. The number of fused-ring (bicyclic) bond motifs is 2. The fraction of sp³-hybridized carbons (Fsp3) is 0.294. The molecule has 0 aliphatic carbocycles. The topological polar surface area (TPSA) is 3.24 Å². The van der Waals surface area contributed by atoms with Gasteiger partial charge in [0, 0.05) is 23.9 Å². The molecule has 2 heterocycles. The molecule has 0 amide bonds. The van der Waals surface area contributed by atoms with Gasteiger partial charge >= 0.3 is 0 Å². The van der Waals surface area contributed by atoms with Gasteiger partial charge in [-0.05, 0) is 84.7 Å². The maximum atomic E-state index is 13.9. The number of hydrogen-bond donors (Lipinski definition) is 0. The highest BCUT2D eigenvalue weighted by Crippen LogP contribution is 2.51. The third-order valence-electron chi connectivity index (χ3n) is 8.70. The second kappa shape index (κ2) is 10.6. The maximum absolute atomic E-state index is 13.9. The Kier molecular flexibility index (Phi) is 6.89. The zero-order valence-corrected chi connectivity index (χ0v) is 21.0. The Balaban J connectivity index is 1.30. The molecule has 0 aromatic heterocycles. The lowest BCUT2D eigenvalue weighted by Crippen LogP contribution is -2.47. The van der Waals surface area contributed by atoms with Gasteiger partial charge in [0.15, 0.2) is 0 Å². The summed E-state index contributed by atoms with van der Waals surface area (Å²) in [6, 6.07) is 36.7. The first kappa shape index (κ1) is 24.1. The summed E-state index contributed by atoms with van der Waals surface area (Å²) >= 11 is 0. The fourth-order valence-electron chi connectivity index (χ4n) is 7.03. The summed E-state index contributed by atoms with van der Waals surface area (Å²) in [4.78, 5) is 2.74. The average molecular weight is 494 g/mol. The van der Waals surface area contributed by atoms with Gasteiger partial charge in [-0.3, -0.25) is 4.90 Å². The Hall–Kier alpha value is -3.30. The number of benzene rings is 4. The molecule has 0 spiro atoms. The van der Waals surface area contributed by atoms with E-state index in [4.69, 9.17) is 0 Å². The molecule has 2 aliphatic heterocycles. The predicted molar refractivity (Wildman–Crippen MR) is 146 cm³/mol. The number of hydrogen-bond acceptors (Lipinski definition) is 1. The molecule has 0 saturated carbocycles. The summed E-state index contributed by atoms with van der Waals surface area (Å²) in [7, 11) is 0. The van der Waals surface area contributed by atoms with E-state index in [1.807, 2.05) is 24.3 Å². The molecule has 2 fully saturated rings. The summed E-state index contributed by atoms with van der Waals surface area (Å²) < 4.78 is 27.6. The van der Waals surface area contributed by atoms with Crippen LogP contribution in [-0.2, 0) is 0 Å². The lowest BCUT2D eigenvalue weighted by atomic mass is 9.72. The Labute approximate surface area is 218 Å². The van der Waals surface area contributed by atoms with E-state index in [0.717, 1.165) is 25.8 Å². The second-order valence-corrected chi connectivity index (χ2v) is 10.7. The van der Waals surface area contributed by atoms with Crippen molar-refractivity contribution in [3.63, 3.8) is 0 Å². The van der Waals surface area contributed by atoms with E-state index >= 15 is 0 Å². The molecule has 4 aromatic rings. The third-order valence-corrected chi connectivity index (χ3v) is 8.70.